The normalized spacial score (nSPS) is 12.2. The van der Waals surface area contributed by atoms with E-state index in [2.05, 4.69) is 10.3 Å². The van der Waals surface area contributed by atoms with Gasteiger partial charge in [-0.15, -0.1) is 0 Å². The van der Waals surface area contributed by atoms with Crippen molar-refractivity contribution >= 4 is 17.3 Å². The Labute approximate surface area is 109 Å². The third kappa shape index (κ3) is 2.76. The van der Waals surface area contributed by atoms with E-state index >= 15 is 0 Å². The molecule has 1 heterocycles. The van der Waals surface area contributed by atoms with Crippen molar-refractivity contribution in [2.75, 3.05) is 5.32 Å². The molecule has 5 heteroatoms. The summed E-state index contributed by atoms with van der Waals surface area (Å²) in [5.41, 5.74) is 0.663. The average molecular weight is 269 g/mol. The summed E-state index contributed by atoms with van der Waals surface area (Å²) in [5, 5.41) is 3.30. The zero-order valence-corrected chi connectivity index (χ0v) is 10.4. The van der Waals surface area contributed by atoms with Crippen molar-refractivity contribution in [2.24, 2.45) is 0 Å². The fourth-order valence-corrected chi connectivity index (χ4v) is 1.91. The Morgan fingerprint density at radius 2 is 1.89 bits per heavy atom. The van der Waals surface area contributed by atoms with E-state index in [1.54, 1.807) is 19.1 Å². The van der Waals surface area contributed by atoms with Crippen LogP contribution in [-0.4, -0.2) is 4.98 Å². The molecule has 0 aliphatic heterocycles. The number of benzene rings is 1. The molecule has 1 aromatic carbocycles. The van der Waals surface area contributed by atoms with Crippen molar-refractivity contribution in [1.82, 2.24) is 4.98 Å². The van der Waals surface area contributed by atoms with Gasteiger partial charge in [0.05, 0.1) is 6.04 Å². The number of hydrogen-bond acceptors (Lipinski definition) is 2. The molecule has 0 amide bonds. The molecule has 18 heavy (non-hydrogen) atoms. The Hall–Kier alpha value is -1.68. The number of nitrogens with one attached hydrogen (secondary N) is 1. The van der Waals surface area contributed by atoms with E-state index in [0.29, 0.717) is 10.8 Å². The van der Waals surface area contributed by atoms with Crippen LogP contribution in [0.15, 0.2) is 36.5 Å². The molecule has 0 saturated heterocycles. The first kappa shape index (κ1) is 12.8. The molecule has 2 aromatic rings. The predicted octanol–water partition coefficient (Wildman–Crippen LogP) is 4.19. The molecular weight excluding hydrogens is 258 g/mol. The molecule has 0 bridgehead atoms. The van der Waals surface area contributed by atoms with Crippen LogP contribution in [0.5, 0.6) is 0 Å². The first-order valence-electron chi connectivity index (χ1n) is 5.40. The second-order valence-electron chi connectivity index (χ2n) is 3.87. The smallest absolute Gasteiger partial charge is 0.131 e. The van der Waals surface area contributed by atoms with E-state index < -0.39 is 17.7 Å². The van der Waals surface area contributed by atoms with Crippen molar-refractivity contribution in [3.8, 4) is 0 Å². The van der Waals surface area contributed by atoms with Crippen LogP contribution in [0.4, 0.5) is 14.5 Å². The highest BCUT2D eigenvalue weighted by Gasteiger charge is 2.15. The van der Waals surface area contributed by atoms with Gasteiger partial charge in [-0.2, -0.15) is 0 Å². The van der Waals surface area contributed by atoms with Gasteiger partial charge in [-0.3, -0.25) is 0 Å². The molecule has 0 spiro atoms. The van der Waals surface area contributed by atoms with Crippen LogP contribution < -0.4 is 5.32 Å². The lowest BCUT2D eigenvalue weighted by Crippen LogP contribution is -2.10. The van der Waals surface area contributed by atoms with Gasteiger partial charge in [-0.25, -0.2) is 13.8 Å². The Kier molecular flexibility index (Phi) is 3.77. The number of hydrogen-bond donors (Lipinski definition) is 1. The van der Waals surface area contributed by atoms with Gasteiger partial charge in [-0.05, 0) is 31.2 Å². The minimum atomic E-state index is -0.574. The van der Waals surface area contributed by atoms with Crippen molar-refractivity contribution in [1.29, 1.82) is 0 Å². The lowest BCUT2D eigenvalue weighted by Gasteiger charge is -2.17. The topological polar surface area (TPSA) is 24.9 Å². The summed E-state index contributed by atoms with van der Waals surface area (Å²) in [4.78, 5) is 3.83. The number of nitrogens with zero attached hydrogens (tertiary/aromatic N) is 1. The van der Waals surface area contributed by atoms with Gasteiger partial charge in [0, 0.05) is 17.4 Å². The van der Waals surface area contributed by atoms with Crippen LogP contribution in [-0.2, 0) is 0 Å². The fourth-order valence-electron chi connectivity index (χ4n) is 1.74. The fraction of sp³-hybridized carbons (Fsp3) is 0.154. The second-order valence-corrected chi connectivity index (χ2v) is 4.26. The number of halogens is 3. The van der Waals surface area contributed by atoms with Crippen LogP contribution >= 0.6 is 11.6 Å². The Morgan fingerprint density at radius 1 is 1.22 bits per heavy atom. The average Bonchev–Trinajstić information content (AvgIpc) is 2.28. The minimum absolute atomic E-state index is 0.00503. The number of rotatable bonds is 3. The van der Waals surface area contributed by atoms with E-state index in [0.717, 1.165) is 0 Å². The molecular formula is C13H11ClF2N2. The summed E-state index contributed by atoms with van der Waals surface area (Å²) in [6.45, 7) is 1.68. The summed E-state index contributed by atoms with van der Waals surface area (Å²) >= 11 is 5.74. The lowest BCUT2D eigenvalue weighted by atomic mass is 10.1. The summed E-state index contributed by atoms with van der Waals surface area (Å²) < 4.78 is 27.1. The largest absolute Gasteiger partial charge is 0.378 e. The molecule has 0 aliphatic rings. The molecule has 0 fully saturated rings. The molecule has 1 atom stereocenters. The van der Waals surface area contributed by atoms with Crippen LogP contribution in [0.3, 0.4) is 0 Å². The van der Waals surface area contributed by atoms with Crippen molar-refractivity contribution in [3.63, 3.8) is 0 Å². The van der Waals surface area contributed by atoms with E-state index in [-0.39, 0.29) is 5.56 Å². The maximum absolute atomic E-state index is 13.6. The van der Waals surface area contributed by atoms with Gasteiger partial charge in [0.1, 0.15) is 16.8 Å². The monoisotopic (exact) mass is 268 g/mol. The van der Waals surface area contributed by atoms with Crippen molar-refractivity contribution < 1.29 is 8.78 Å². The van der Waals surface area contributed by atoms with Gasteiger partial charge in [0.15, 0.2) is 0 Å². The van der Waals surface area contributed by atoms with Gasteiger partial charge < -0.3 is 5.32 Å². The van der Waals surface area contributed by atoms with Crippen LogP contribution in [0.1, 0.15) is 18.5 Å². The van der Waals surface area contributed by atoms with Crippen LogP contribution in [0, 0.1) is 11.6 Å². The lowest BCUT2D eigenvalue weighted by molar-refractivity contribution is 0.544. The maximum Gasteiger partial charge on any atom is 0.131 e. The van der Waals surface area contributed by atoms with E-state index in [1.807, 2.05) is 0 Å². The Balaban J connectivity index is 2.25. The van der Waals surface area contributed by atoms with E-state index in [1.165, 1.54) is 24.4 Å². The Morgan fingerprint density at radius 3 is 2.50 bits per heavy atom. The summed E-state index contributed by atoms with van der Waals surface area (Å²) in [5.74, 6) is -1.15. The molecule has 1 aromatic heterocycles. The highest BCUT2D eigenvalue weighted by atomic mass is 35.5. The van der Waals surface area contributed by atoms with Crippen molar-refractivity contribution in [2.45, 2.75) is 13.0 Å². The van der Waals surface area contributed by atoms with Gasteiger partial charge >= 0.3 is 0 Å². The molecule has 0 saturated carbocycles. The molecule has 0 radical (unpaired) electrons. The zero-order chi connectivity index (χ0) is 13.1. The van der Waals surface area contributed by atoms with E-state index in [4.69, 9.17) is 11.6 Å². The van der Waals surface area contributed by atoms with Crippen LogP contribution in [0.2, 0.25) is 5.15 Å². The minimum Gasteiger partial charge on any atom is -0.378 e. The number of anilines is 1. The highest BCUT2D eigenvalue weighted by molar-refractivity contribution is 6.29. The first-order valence-corrected chi connectivity index (χ1v) is 5.77. The Bertz CT molecular complexity index is 540. The molecule has 0 aliphatic carbocycles. The molecule has 94 valence electrons. The van der Waals surface area contributed by atoms with Gasteiger partial charge in [0.25, 0.3) is 0 Å². The standard InChI is InChI=1S/C13H11ClF2N2/c1-8(13-10(15)3-2-4-11(13)16)18-9-5-6-17-12(14)7-9/h2-8H,1H3,(H,17,18). The molecule has 2 nitrogen and oxygen atoms in total. The van der Waals surface area contributed by atoms with Gasteiger partial charge in [-0.1, -0.05) is 17.7 Å². The summed E-state index contributed by atoms with van der Waals surface area (Å²) in [6.07, 6.45) is 1.52. The third-order valence-electron chi connectivity index (χ3n) is 2.54. The number of aromatic nitrogens is 1. The predicted molar refractivity (Wildman–Crippen MR) is 67.6 cm³/mol. The SMILES string of the molecule is CC(Nc1ccnc(Cl)c1)c1c(F)cccc1F. The highest BCUT2D eigenvalue weighted by Crippen LogP contribution is 2.24. The van der Waals surface area contributed by atoms with E-state index in [9.17, 15) is 8.78 Å². The molecule has 1 unspecified atom stereocenters. The second kappa shape index (κ2) is 5.31. The van der Waals surface area contributed by atoms with Crippen LogP contribution in [0.25, 0.3) is 0 Å². The zero-order valence-electron chi connectivity index (χ0n) is 9.62. The van der Waals surface area contributed by atoms with Gasteiger partial charge in [0.2, 0.25) is 0 Å². The maximum atomic E-state index is 13.6. The van der Waals surface area contributed by atoms with Crippen molar-refractivity contribution in [3.05, 3.63) is 58.9 Å². The number of pyridine rings is 1. The quantitative estimate of drug-likeness (QED) is 0.845. The summed E-state index contributed by atoms with van der Waals surface area (Å²) in [6, 6.07) is 6.57. The molecule has 2 rings (SSSR count). The third-order valence-corrected chi connectivity index (χ3v) is 2.75. The summed E-state index contributed by atoms with van der Waals surface area (Å²) in [7, 11) is 0. The molecule has 1 N–H and O–H groups in total. The first-order chi connectivity index (χ1) is 8.58.